The molecular weight excluding hydrogens is 549 g/mol. The summed E-state index contributed by atoms with van der Waals surface area (Å²) in [6, 6.07) is 21.5. The second kappa shape index (κ2) is 13.6. The summed E-state index contributed by atoms with van der Waals surface area (Å²) in [4.78, 5) is 32.7. The molecule has 0 aromatic carbocycles. The van der Waals surface area contributed by atoms with Gasteiger partial charge in [-0.25, -0.2) is 9.97 Å². The lowest BCUT2D eigenvalue weighted by atomic mass is 10.1. The number of pyridine rings is 4. The lowest BCUT2D eigenvalue weighted by Gasteiger charge is -2.10. The molecule has 0 atom stereocenters. The molecule has 41 heavy (non-hydrogen) atoms. The first kappa shape index (κ1) is 28.6. The summed E-state index contributed by atoms with van der Waals surface area (Å²) in [5.74, 6) is 1.99. The standard InChI is InChI=1S/C32H30N6OS2/c1-4-14-40-23-16-29(25-8-6-7-13-33-25)35-31(18-23)27-11-12-28(38-37-27)32-19-24(41-15-5-2)17-30(36-32)26-10-9-22(20-34-26)21(3)39/h6-13,16-20H,4-5,14-15H2,1-3H3. The highest BCUT2D eigenvalue weighted by Gasteiger charge is 2.14. The lowest BCUT2D eigenvalue weighted by Crippen LogP contribution is -1.98. The number of ketones is 1. The molecule has 0 unspecified atom stereocenters. The topological polar surface area (TPSA) is 94.4 Å². The Bertz CT molecular complexity index is 1630. The van der Waals surface area contributed by atoms with Crippen LogP contribution in [0.1, 0.15) is 44.0 Å². The van der Waals surface area contributed by atoms with Crippen molar-refractivity contribution in [2.75, 3.05) is 11.5 Å². The Balaban J connectivity index is 1.50. The van der Waals surface area contributed by atoms with Crippen LogP contribution >= 0.6 is 23.5 Å². The quantitative estimate of drug-likeness (QED) is 0.114. The Morgan fingerprint density at radius 1 is 0.634 bits per heavy atom. The largest absolute Gasteiger partial charge is 0.294 e. The minimum atomic E-state index is -0.0172. The summed E-state index contributed by atoms with van der Waals surface area (Å²) in [5, 5.41) is 9.13. The third-order valence-corrected chi connectivity index (χ3v) is 8.46. The highest BCUT2D eigenvalue weighted by atomic mass is 32.2. The van der Waals surface area contributed by atoms with Crippen LogP contribution in [0, 0.1) is 0 Å². The van der Waals surface area contributed by atoms with Gasteiger partial charge in [-0.15, -0.1) is 33.7 Å². The maximum absolute atomic E-state index is 11.7. The van der Waals surface area contributed by atoms with Gasteiger partial charge in [-0.1, -0.05) is 19.9 Å². The van der Waals surface area contributed by atoms with Gasteiger partial charge in [-0.05, 0) is 91.9 Å². The van der Waals surface area contributed by atoms with Crippen molar-refractivity contribution in [3.8, 4) is 45.6 Å². The van der Waals surface area contributed by atoms with Gasteiger partial charge in [-0.2, -0.15) is 0 Å². The minimum absolute atomic E-state index is 0.0172. The van der Waals surface area contributed by atoms with Crippen LogP contribution in [0.5, 0.6) is 0 Å². The Labute approximate surface area is 248 Å². The number of Topliss-reactive ketones (excluding diaryl/α,β-unsaturated/α-hetero) is 1. The van der Waals surface area contributed by atoms with E-state index >= 15 is 0 Å². The van der Waals surface area contributed by atoms with Crippen LogP contribution in [-0.4, -0.2) is 47.4 Å². The van der Waals surface area contributed by atoms with Gasteiger partial charge < -0.3 is 0 Å². The summed E-state index contributed by atoms with van der Waals surface area (Å²) in [6.45, 7) is 5.86. The summed E-state index contributed by atoms with van der Waals surface area (Å²) in [6.07, 6.45) is 5.51. The third kappa shape index (κ3) is 7.23. The number of hydrogen-bond acceptors (Lipinski definition) is 9. The molecular formula is C32H30N6OS2. The van der Waals surface area contributed by atoms with Gasteiger partial charge >= 0.3 is 0 Å². The number of thioether (sulfide) groups is 2. The minimum Gasteiger partial charge on any atom is -0.294 e. The Morgan fingerprint density at radius 2 is 1.15 bits per heavy atom. The maximum Gasteiger partial charge on any atom is 0.161 e. The predicted molar refractivity (Wildman–Crippen MR) is 167 cm³/mol. The fourth-order valence-corrected chi connectivity index (χ4v) is 5.68. The molecule has 0 spiro atoms. The van der Waals surface area contributed by atoms with Crippen molar-refractivity contribution in [3.05, 3.63) is 84.7 Å². The van der Waals surface area contributed by atoms with Crippen molar-refractivity contribution in [3.63, 3.8) is 0 Å². The molecule has 0 aliphatic carbocycles. The molecule has 5 aromatic heterocycles. The summed E-state index contributed by atoms with van der Waals surface area (Å²) in [7, 11) is 0. The third-order valence-electron chi connectivity index (χ3n) is 6.09. The van der Waals surface area contributed by atoms with Gasteiger partial charge in [0, 0.05) is 27.7 Å². The van der Waals surface area contributed by atoms with Crippen LogP contribution in [0.3, 0.4) is 0 Å². The van der Waals surface area contributed by atoms with Gasteiger partial charge in [0.05, 0.1) is 34.2 Å². The molecule has 0 radical (unpaired) electrons. The van der Waals surface area contributed by atoms with E-state index in [-0.39, 0.29) is 5.78 Å². The van der Waals surface area contributed by atoms with E-state index in [9.17, 15) is 4.79 Å². The molecule has 9 heteroatoms. The normalized spacial score (nSPS) is 11.0. The highest BCUT2D eigenvalue weighted by molar-refractivity contribution is 7.99. The molecule has 0 fully saturated rings. The molecule has 0 aliphatic rings. The van der Waals surface area contributed by atoms with Crippen LogP contribution in [0.25, 0.3) is 45.6 Å². The van der Waals surface area contributed by atoms with E-state index in [0.717, 1.165) is 56.9 Å². The predicted octanol–water partition coefficient (Wildman–Crippen LogP) is 7.93. The van der Waals surface area contributed by atoms with E-state index in [0.29, 0.717) is 28.3 Å². The smallest absolute Gasteiger partial charge is 0.161 e. The van der Waals surface area contributed by atoms with E-state index in [1.54, 1.807) is 42.0 Å². The van der Waals surface area contributed by atoms with E-state index < -0.39 is 0 Å². The summed E-state index contributed by atoms with van der Waals surface area (Å²) in [5.41, 5.74) is 6.44. The number of rotatable bonds is 11. The van der Waals surface area contributed by atoms with Gasteiger partial charge in [0.2, 0.25) is 0 Å². The van der Waals surface area contributed by atoms with E-state index in [4.69, 9.17) is 9.97 Å². The zero-order valence-electron chi connectivity index (χ0n) is 23.2. The van der Waals surface area contributed by atoms with Crippen LogP contribution in [0.2, 0.25) is 0 Å². The lowest BCUT2D eigenvalue weighted by molar-refractivity contribution is 0.101. The van der Waals surface area contributed by atoms with E-state index in [1.165, 1.54) is 6.92 Å². The van der Waals surface area contributed by atoms with Crippen molar-refractivity contribution in [2.24, 2.45) is 0 Å². The Morgan fingerprint density at radius 3 is 1.56 bits per heavy atom. The molecule has 0 bridgehead atoms. The fourth-order valence-electron chi connectivity index (χ4n) is 4.02. The molecule has 5 heterocycles. The van der Waals surface area contributed by atoms with Gasteiger partial charge in [0.1, 0.15) is 11.4 Å². The number of hydrogen-bond donors (Lipinski definition) is 0. The van der Waals surface area contributed by atoms with Gasteiger partial charge in [-0.3, -0.25) is 14.8 Å². The van der Waals surface area contributed by atoms with Crippen molar-refractivity contribution < 1.29 is 4.79 Å². The zero-order chi connectivity index (χ0) is 28.6. The van der Waals surface area contributed by atoms with Crippen molar-refractivity contribution in [1.29, 1.82) is 0 Å². The molecule has 0 amide bonds. The van der Waals surface area contributed by atoms with Crippen LogP contribution < -0.4 is 0 Å². The maximum atomic E-state index is 11.7. The second-order valence-corrected chi connectivity index (χ2v) is 11.7. The molecule has 0 saturated carbocycles. The Hall–Kier alpha value is -3.95. The zero-order valence-corrected chi connectivity index (χ0v) is 24.9. The number of aromatic nitrogens is 6. The summed E-state index contributed by atoms with van der Waals surface area (Å²) >= 11 is 3.56. The molecule has 0 aliphatic heterocycles. The number of nitrogens with zero attached hydrogens (tertiary/aromatic N) is 6. The molecule has 5 rings (SSSR count). The van der Waals surface area contributed by atoms with Crippen LogP contribution in [-0.2, 0) is 0 Å². The number of carbonyl (C=O) groups excluding carboxylic acids is 1. The highest BCUT2D eigenvalue weighted by Crippen LogP contribution is 2.31. The van der Waals surface area contributed by atoms with Crippen LogP contribution in [0.15, 0.2) is 88.9 Å². The van der Waals surface area contributed by atoms with E-state index in [2.05, 4.69) is 46.1 Å². The summed E-state index contributed by atoms with van der Waals surface area (Å²) < 4.78 is 0. The first-order chi connectivity index (χ1) is 20.0. The Kier molecular flexibility index (Phi) is 9.48. The monoisotopic (exact) mass is 578 g/mol. The van der Waals surface area contributed by atoms with Gasteiger partial charge in [0.25, 0.3) is 0 Å². The SMILES string of the molecule is CCCSc1cc(-c2ccccn2)nc(-c2ccc(-c3cc(SCCC)cc(-c4ccc(C(C)=O)cn4)n3)nn2)c1. The van der Waals surface area contributed by atoms with E-state index in [1.807, 2.05) is 48.5 Å². The first-order valence-corrected chi connectivity index (χ1v) is 15.5. The van der Waals surface area contributed by atoms with Crippen LogP contribution in [0.4, 0.5) is 0 Å². The molecule has 5 aromatic rings. The molecule has 0 saturated heterocycles. The molecule has 206 valence electrons. The van der Waals surface area contributed by atoms with Crippen molar-refractivity contribution in [1.82, 2.24) is 30.1 Å². The van der Waals surface area contributed by atoms with Crippen molar-refractivity contribution in [2.45, 2.75) is 43.4 Å². The second-order valence-electron chi connectivity index (χ2n) is 9.35. The number of carbonyl (C=O) groups is 1. The van der Waals surface area contributed by atoms with Crippen molar-refractivity contribution >= 4 is 29.3 Å². The first-order valence-electron chi connectivity index (χ1n) is 13.6. The van der Waals surface area contributed by atoms with Gasteiger partial charge in [0.15, 0.2) is 5.78 Å². The molecule has 7 nitrogen and oxygen atoms in total. The average Bonchev–Trinajstić information content (AvgIpc) is 3.03. The molecule has 0 N–H and O–H groups in total. The average molecular weight is 579 g/mol. The fraction of sp³-hybridized carbons (Fsp3) is 0.219.